The van der Waals surface area contributed by atoms with Gasteiger partial charge in [0, 0.05) is 22.5 Å². The molecule has 2 aromatic carbocycles. The van der Waals surface area contributed by atoms with Crippen LogP contribution in [0.5, 0.6) is 0 Å². The molecule has 0 bridgehead atoms. The number of fused-ring (bicyclic) bond motifs is 2. The maximum absolute atomic E-state index is 12.5. The van der Waals surface area contributed by atoms with E-state index in [1.54, 1.807) is 43.3 Å². The first kappa shape index (κ1) is 19.2. The molecule has 0 fully saturated rings. The van der Waals surface area contributed by atoms with E-state index in [0.29, 0.717) is 34.7 Å². The van der Waals surface area contributed by atoms with Crippen molar-refractivity contribution in [2.24, 2.45) is 0 Å². The average molecular weight is 411 g/mol. The average Bonchev–Trinajstić information content (AvgIpc) is 3.19. The van der Waals surface area contributed by atoms with Gasteiger partial charge in [0.05, 0.1) is 17.7 Å². The van der Waals surface area contributed by atoms with E-state index in [1.807, 2.05) is 6.07 Å². The van der Waals surface area contributed by atoms with Gasteiger partial charge in [-0.1, -0.05) is 23.7 Å². The molecule has 0 unspecified atom stereocenters. The van der Waals surface area contributed by atoms with Gasteiger partial charge in [0.2, 0.25) is 0 Å². The number of ether oxygens (including phenoxy) is 1. The zero-order valence-corrected chi connectivity index (χ0v) is 16.6. The number of nitrogens with zero attached hydrogens (tertiary/aromatic N) is 1. The van der Waals surface area contributed by atoms with E-state index in [-0.39, 0.29) is 25.0 Å². The minimum atomic E-state index is -0.435. The summed E-state index contributed by atoms with van der Waals surface area (Å²) >= 11 is 6.14. The Morgan fingerprint density at radius 3 is 2.45 bits per heavy atom. The van der Waals surface area contributed by atoms with Gasteiger partial charge < -0.3 is 9.72 Å². The van der Waals surface area contributed by atoms with Crippen LogP contribution in [0.2, 0.25) is 5.02 Å². The summed E-state index contributed by atoms with van der Waals surface area (Å²) in [6.07, 6.45) is 0.999. The predicted molar refractivity (Wildman–Crippen MR) is 109 cm³/mol. The van der Waals surface area contributed by atoms with E-state index >= 15 is 0 Å². The summed E-state index contributed by atoms with van der Waals surface area (Å²) in [4.78, 5) is 41.8. The fraction of sp³-hybridized carbons (Fsp3) is 0.227. The van der Waals surface area contributed by atoms with Gasteiger partial charge in [-0.15, -0.1) is 0 Å². The van der Waals surface area contributed by atoms with Gasteiger partial charge >= 0.3 is 5.97 Å². The summed E-state index contributed by atoms with van der Waals surface area (Å²) in [6, 6.07) is 12.2. The van der Waals surface area contributed by atoms with E-state index in [0.717, 1.165) is 16.5 Å². The maximum Gasteiger partial charge on any atom is 0.355 e. The molecule has 0 spiro atoms. The van der Waals surface area contributed by atoms with Crippen LogP contribution in [0.3, 0.4) is 0 Å². The lowest BCUT2D eigenvalue weighted by atomic mass is 10.0. The third-order valence-electron chi connectivity index (χ3n) is 5.03. The number of esters is 1. The van der Waals surface area contributed by atoms with Crippen molar-refractivity contribution in [3.63, 3.8) is 0 Å². The summed E-state index contributed by atoms with van der Waals surface area (Å²) in [5.74, 6) is -0.994. The van der Waals surface area contributed by atoms with Crippen molar-refractivity contribution in [2.45, 2.75) is 19.8 Å². The summed E-state index contributed by atoms with van der Waals surface area (Å²) in [5, 5.41) is 1.40. The molecule has 2 heterocycles. The van der Waals surface area contributed by atoms with E-state index in [1.165, 1.54) is 4.90 Å². The third-order valence-corrected chi connectivity index (χ3v) is 5.27. The molecule has 0 radical (unpaired) electrons. The molecule has 148 valence electrons. The number of nitrogens with one attached hydrogen (secondary N) is 1. The van der Waals surface area contributed by atoms with Crippen LogP contribution in [-0.2, 0) is 11.2 Å². The van der Waals surface area contributed by atoms with Crippen LogP contribution >= 0.6 is 11.6 Å². The van der Waals surface area contributed by atoms with E-state index in [2.05, 4.69) is 4.98 Å². The zero-order chi connectivity index (χ0) is 20.5. The Morgan fingerprint density at radius 2 is 1.79 bits per heavy atom. The highest BCUT2D eigenvalue weighted by Crippen LogP contribution is 2.28. The molecule has 1 aromatic heterocycles. The summed E-state index contributed by atoms with van der Waals surface area (Å²) < 4.78 is 5.16. The van der Waals surface area contributed by atoms with Crippen LogP contribution in [0.1, 0.15) is 50.1 Å². The van der Waals surface area contributed by atoms with Crippen molar-refractivity contribution < 1.29 is 19.1 Å². The van der Waals surface area contributed by atoms with Crippen molar-refractivity contribution >= 4 is 40.3 Å². The molecule has 0 saturated heterocycles. The number of H-pyrrole nitrogens is 1. The van der Waals surface area contributed by atoms with Gasteiger partial charge in [-0.05, 0) is 55.7 Å². The Morgan fingerprint density at radius 1 is 1.10 bits per heavy atom. The van der Waals surface area contributed by atoms with Crippen LogP contribution in [0, 0.1) is 0 Å². The first-order chi connectivity index (χ1) is 14.0. The smallest absolute Gasteiger partial charge is 0.355 e. The van der Waals surface area contributed by atoms with Gasteiger partial charge in [-0.2, -0.15) is 0 Å². The molecular formula is C22H19ClN2O4. The molecule has 1 aliphatic heterocycles. The number of imide groups is 1. The second-order valence-corrected chi connectivity index (χ2v) is 7.24. The minimum absolute atomic E-state index is 0.266. The number of carbonyl (C=O) groups is 3. The molecule has 2 amide bonds. The lowest BCUT2D eigenvalue weighted by Gasteiger charge is -2.13. The number of aromatic nitrogens is 1. The van der Waals surface area contributed by atoms with Gasteiger partial charge in [-0.25, -0.2) is 4.79 Å². The summed E-state index contributed by atoms with van der Waals surface area (Å²) in [5.41, 5.74) is 2.81. The quantitative estimate of drug-likeness (QED) is 0.487. The monoisotopic (exact) mass is 410 g/mol. The molecule has 0 aliphatic carbocycles. The van der Waals surface area contributed by atoms with Crippen LogP contribution < -0.4 is 0 Å². The molecule has 7 heteroatoms. The molecular weight excluding hydrogens is 392 g/mol. The second kappa shape index (κ2) is 7.72. The number of carbonyl (C=O) groups excluding carboxylic acids is 3. The number of aromatic amines is 1. The summed E-state index contributed by atoms with van der Waals surface area (Å²) in [6.45, 7) is 2.28. The third kappa shape index (κ3) is 3.40. The number of aryl methyl sites for hydroxylation is 1. The molecule has 0 atom stereocenters. The van der Waals surface area contributed by atoms with Gasteiger partial charge in [0.1, 0.15) is 5.69 Å². The molecule has 4 rings (SSSR count). The topological polar surface area (TPSA) is 79.5 Å². The predicted octanol–water partition coefficient (Wildman–Crippen LogP) is 4.23. The highest BCUT2D eigenvalue weighted by molar-refractivity contribution is 6.31. The van der Waals surface area contributed by atoms with Gasteiger partial charge in [-0.3, -0.25) is 14.5 Å². The van der Waals surface area contributed by atoms with E-state index < -0.39 is 5.97 Å². The van der Waals surface area contributed by atoms with Gasteiger partial charge in [0.15, 0.2) is 0 Å². The maximum atomic E-state index is 12.5. The molecule has 1 N–H and O–H groups in total. The Bertz CT molecular complexity index is 1100. The molecule has 29 heavy (non-hydrogen) atoms. The summed E-state index contributed by atoms with van der Waals surface area (Å²) in [7, 11) is 0. The largest absolute Gasteiger partial charge is 0.461 e. The second-order valence-electron chi connectivity index (χ2n) is 6.80. The fourth-order valence-corrected chi connectivity index (χ4v) is 3.89. The first-order valence-corrected chi connectivity index (χ1v) is 9.81. The van der Waals surface area contributed by atoms with E-state index in [4.69, 9.17) is 16.3 Å². The Hall–Kier alpha value is -3.12. The Kier molecular flexibility index (Phi) is 5.11. The van der Waals surface area contributed by atoms with Crippen LogP contribution in [0.25, 0.3) is 10.9 Å². The van der Waals surface area contributed by atoms with Gasteiger partial charge in [0.25, 0.3) is 11.8 Å². The van der Waals surface area contributed by atoms with Crippen LogP contribution in [-0.4, -0.2) is 40.8 Å². The number of amides is 2. The number of benzene rings is 2. The van der Waals surface area contributed by atoms with Crippen LogP contribution in [0.4, 0.5) is 0 Å². The number of hydrogen-bond donors (Lipinski definition) is 1. The zero-order valence-electron chi connectivity index (χ0n) is 15.8. The van der Waals surface area contributed by atoms with E-state index in [9.17, 15) is 14.4 Å². The molecule has 0 saturated carbocycles. The number of hydrogen-bond acceptors (Lipinski definition) is 4. The molecule has 1 aliphatic rings. The standard InChI is InChI=1S/C22H19ClN2O4/c1-2-29-22(28)19-14(17-12-13(23)9-10-18(17)24-19)8-5-11-25-20(26)15-6-3-4-7-16(15)21(25)27/h3-4,6-7,9-10,12,24H,2,5,8,11H2,1H3. The Balaban J connectivity index is 1.56. The molecule has 3 aromatic rings. The SMILES string of the molecule is CCOC(=O)c1[nH]c2ccc(Cl)cc2c1CCCN1C(=O)c2ccccc2C1=O. The lowest BCUT2D eigenvalue weighted by molar-refractivity contribution is 0.0517. The fourth-order valence-electron chi connectivity index (χ4n) is 3.71. The normalized spacial score (nSPS) is 13.2. The number of halogens is 1. The molecule has 6 nitrogen and oxygen atoms in total. The first-order valence-electron chi connectivity index (χ1n) is 9.43. The van der Waals surface area contributed by atoms with Crippen molar-refractivity contribution in [3.05, 3.63) is 69.9 Å². The highest BCUT2D eigenvalue weighted by Gasteiger charge is 2.34. The number of rotatable bonds is 6. The highest BCUT2D eigenvalue weighted by atomic mass is 35.5. The minimum Gasteiger partial charge on any atom is -0.461 e. The van der Waals surface area contributed by atoms with Crippen molar-refractivity contribution in [2.75, 3.05) is 13.2 Å². The van der Waals surface area contributed by atoms with Crippen molar-refractivity contribution in [1.29, 1.82) is 0 Å². The van der Waals surface area contributed by atoms with Crippen molar-refractivity contribution in [1.82, 2.24) is 9.88 Å². The Labute approximate surface area is 172 Å². The lowest BCUT2D eigenvalue weighted by Crippen LogP contribution is -2.31. The van der Waals surface area contributed by atoms with Crippen molar-refractivity contribution in [3.8, 4) is 0 Å². The van der Waals surface area contributed by atoms with Crippen LogP contribution in [0.15, 0.2) is 42.5 Å².